The largest absolute Gasteiger partial charge is 0.458 e. The molecule has 0 radical (unpaired) electrons. The van der Waals surface area contributed by atoms with Crippen molar-refractivity contribution in [3.8, 4) is 0 Å². The molecule has 2 aliphatic carbocycles. The topological polar surface area (TPSA) is 52.6 Å². The average Bonchev–Trinajstić information content (AvgIpc) is 3.14. The summed E-state index contributed by atoms with van der Waals surface area (Å²) in [6, 6.07) is 18.2. The van der Waals surface area contributed by atoms with Crippen molar-refractivity contribution in [2.24, 2.45) is 11.8 Å². The first-order chi connectivity index (χ1) is 24.4. The molecule has 0 N–H and O–H groups in total. The van der Waals surface area contributed by atoms with Gasteiger partial charge in [0.25, 0.3) is 0 Å². The van der Waals surface area contributed by atoms with Gasteiger partial charge in [-0.2, -0.15) is 0 Å². The van der Waals surface area contributed by atoms with E-state index < -0.39 is 18.0 Å². The van der Waals surface area contributed by atoms with E-state index in [0.29, 0.717) is 16.7 Å². The molecule has 2 saturated carbocycles. The van der Waals surface area contributed by atoms with E-state index in [2.05, 4.69) is 13.8 Å². The molecule has 2 fully saturated rings. The number of hydrogen-bond acceptors (Lipinski definition) is 4. The molecule has 0 amide bonds. The minimum Gasteiger partial charge on any atom is -0.458 e. The molecule has 2 aliphatic rings. The van der Waals surface area contributed by atoms with E-state index in [0.717, 1.165) is 63.2 Å². The fraction of sp³-hybridized carbons (Fsp3) is 0.545. The molecule has 270 valence electrons. The van der Waals surface area contributed by atoms with Gasteiger partial charge < -0.3 is 9.47 Å². The van der Waals surface area contributed by atoms with Crippen molar-refractivity contribution < 1.29 is 27.8 Å². The lowest BCUT2D eigenvalue weighted by Crippen LogP contribution is -2.20. The summed E-state index contributed by atoms with van der Waals surface area (Å²) < 4.78 is 42.1. The van der Waals surface area contributed by atoms with Crippen LogP contribution in [0.15, 0.2) is 66.7 Å². The highest BCUT2D eigenvalue weighted by Crippen LogP contribution is 2.40. The maximum absolute atomic E-state index is 15.4. The predicted octanol–water partition coefficient (Wildman–Crippen LogP) is 12.4. The van der Waals surface area contributed by atoms with Crippen molar-refractivity contribution in [3.05, 3.63) is 106 Å². The summed E-state index contributed by atoms with van der Waals surface area (Å²) >= 11 is 0. The molecule has 1 atom stereocenters. The molecule has 0 heterocycles. The molecule has 3 aromatic rings. The average molecular weight is 687 g/mol. The van der Waals surface area contributed by atoms with Crippen LogP contribution in [0.1, 0.15) is 172 Å². The van der Waals surface area contributed by atoms with Crippen molar-refractivity contribution in [2.45, 2.75) is 135 Å². The third-order valence-corrected chi connectivity index (χ3v) is 11.3. The number of esters is 2. The number of benzene rings is 3. The van der Waals surface area contributed by atoms with Crippen LogP contribution in [0.4, 0.5) is 8.78 Å². The molecule has 5 rings (SSSR count). The molecule has 0 aromatic heterocycles. The minimum atomic E-state index is -0.921. The summed E-state index contributed by atoms with van der Waals surface area (Å²) in [6.07, 6.45) is 17.5. The molecule has 50 heavy (non-hydrogen) atoms. The molecule has 6 heteroatoms. The lowest BCUT2D eigenvalue weighted by Gasteiger charge is -2.29. The van der Waals surface area contributed by atoms with Crippen LogP contribution < -0.4 is 0 Å². The Bertz CT molecular complexity index is 1510. The highest BCUT2D eigenvalue weighted by Gasteiger charge is 2.27. The second-order valence-electron chi connectivity index (χ2n) is 14.8. The molecule has 4 nitrogen and oxygen atoms in total. The van der Waals surface area contributed by atoms with Gasteiger partial charge >= 0.3 is 11.9 Å². The Morgan fingerprint density at radius 2 is 1.12 bits per heavy atom. The normalized spacial score (nSPS) is 21.4. The Labute approximate surface area is 298 Å². The summed E-state index contributed by atoms with van der Waals surface area (Å²) in [7, 11) is 0. The fourth-order valence-corrected chi connectivity index (χ4v) is 8.16. The van der Waals surface area contributed by atoms with Gasteiger partial charge in [0.05, 0.1) is 11.1 Å². The first kappa shape index (κ1) is 37.7. The highest BCUT2D eigenvalue weighted by atomic mass is 19.1. The van der Waals surface area contributed by atoms with Gasteiger partial charge in [-0.05, 0) is 116 Å². The van der Waals surface area contributed by atoms with E-state index in [9.17, 15) is 9.59 Å². The van der Waals surface area contributed by atoms with Crippen LogP contribution in [0.5, 0.6) is 0 Å². The van der Waals surface area contributed by atoms with E-state index in [1.165, 1.54) is 63.5 Å². The molecule has 0 aliphatic heterocycles. The Morgan fingerprint density at radius 3 is 1.58 bits per heavy atom. The number of unbranched alkanes of at least 4 members (excludes halogenated alkanes) is 4. The number of carbonyl (C=O) groups is 2. The molecule has 0 saturated heterocycles. The van der Waals surface area contributed by atoms with Crippen molar-refractivity contribution >= 4 is 11.9 Å². The summed E-state index contributed by atoms with van der Waals surface area (Å²) in [6.45, 7) is 4.18. The first-order valence-electron chi connectivity index (χ1n) is 19.4. The van der Waals surface area contributed by atoms with Crippen LogP contribution in [-0.4, -0.2) is 18.5 Å². The van der Waals surface area contributed by atoms with Gasteiger partial charge in [0.2, 0.25) is 0 Å². The number of halogens is 2. The zero-order valence-corrected chi connectivity index (χ0v) is 30.1. The van der Waals surface area contributed by atoms with Gasteiger partial charge in [-0.1, -0.05) is 108 Å². The lowest BCUT2D eigenvalue weighted by atomic mass is 9.77. The Hall–Kier alpha value is -3.54. The third kappa shape index (κ3) is 10.5. The molecular formula is C44H56F2O4. The van der Waals surface area contributed by atoms with Crippen LogP contribution in [0.3, 0.4) is 0 Å². The summed E-state index contributed by atoms with van der Waals surface area (Å²) in [5.74, 6) is -0.376. The van der Waals surface area contributed by atoms with Gasteiger partial charge in [0.1, 0.15) is 18.2 Å². The van der Waals surface area contributed by atoms with Gasteiger partial charge in [-0.15, -0.1) is 0 Å². The maximum atomic E-state index is 15.4. The number of rotatable bonds is 16. The van der Waals surface area contributed by atoms with Crippen LogP contribution in [0, 0.1) is 23.5 Å². The van der Waals surface area contributed by atoms with Crippen LogP contribution in [-0.2, 0) is 9.47 Å². The standard InChI is InChI=1S/C44H56F2O4/c1-3-5-8-12-31-16-20-33(21-17-31)38-26-24-36(28-40(38)45)43(47)49-30-42(35-14-10-7-11-15-35)50-44(48)37-25-27-39(41(46)29-37)34-22-18-32(19-23-34)13-9-6-4-2/h7,10-11,14-15,24-29,31-34,42H,3-6,8-9,12-13,16-23,30H2,1-2H3. The molecule has 1 unspecified atom stereocenters. The molecule has 0 spiro atoms. The quantitative estimate of drug-likeness (QED) is 0.111. The minimum absolute atomic E-state index is 0.111. The van der Waals surface area contributed by atoms with Gasteiger partial charge in [0, 0.05) is 0 Å². The second-order valence-corrected chi connectivity index (χ2v) is 14.8. The summed E-state index contributed by atoms with van der Waals surface area (Å²) in [5, 5.41) is 0. The zero-order chi connectivity index (χ0) is 35.3. The van der Waals surface area contributed by atoms with Crippen LogP contribution in [0.25, 0.3) is 0 Å². The van der Waals surface area contributed by atoms with E-state index in [4.69, 9.17) is 9.47 Å². The molecule has 0 bridgehead atoms. The van der Waals surface area contributed by atoms with E-state index >= 15 is 8.78 Å². The SMILES string of the molecule is CCCCCC1CCC(c2ccc(C(=O)OCC(OC(=O)c3ccc(C4CCC(CCCCC)CC4)c(F)c3)c3ccccc3)cc2F)CC1. The van der Waals surface area contributed by atoms with Crippen LogP contribution in [0.2, 0.25) is 0 Å². The van der Waals surface area contributed by atoms with E-state index in [-0.39, 0.29) is 41.2 Å². The smallest absolute Gasteiger partial charge is 0.338 e. The van der Waals surface area contributed by atoms with Crippen LogP contribution >= 0.6 is 0 Å². The highest BCUT2D eigenvalue weighted by molar-refractivity contribution is 5.90. The third-order valence-electron chi connectivity index (χ3n) is 11.3. The Morgan fingerprint density at radius 1 is 0.640 bits per heavy atom. The van der Waals surface area contributed by atoms with Crippen molar-refractivity contribution in [2.75, 3.05) is 6.61 Å². The van der Waals surface area contributed by atoms with Gasteiger partial charge in [-0.3, -0.25) is 0 Å². The number of carbonyl (C=O) groups excluding carboxylic acids is 2. The Kier molecular flexibility index (Phi) is 14.5. The zero-order valence-electron chi connectivity index (χ0n) is 30.1. The molecule has 3 aromatic carbocycles. The summed E-state index contributed by atoms with van der Waals surface area (Å²) in [4.78, 5) is 26.4. The van der Waals surface area contributed by atoms with Gasteiger partial charge in [-0.25, -0.2) is 18.4 Å². The lowest BCUT2D eigenvalue weighted by molar-refractivity contribution is -0.00138. The number of ether oxygens (including phenoxy) is 2. The summed E-state index contributed by atoms with van der Waals surface area (Å²) in [5.41, 5.74) is 2.19. The van der Waals surface area contributed by atoms with Crippen molar-refractivity contribution in [1.82, 2.24) is 0 Å². The van der Waals surface area contributed by atoms with Crippen molar-refractivity contribution in [3.63, 3.8) is 0 Å². The first-order valence-corrected chi connectivity index (χ1v) is 19.4. The second kappa shape index (κ2) is 19.2. The molecular weight excluding hydrogens is 630 g/mol. The van der Waals surface area contributed by atoms with Crippen molar-refractivity contribution in [1.29, 1.82) is 0 Å². The van der Waals surface area contributed by atoms with E-state index in [1.807, 2.05) is 6.07 Å². The van der Waals surface area contributed by atoms with Gasteiger partial charge in [0.15, 0.2) is 6.10 Å². The fourth-order valence-electron chi connectivity index (χ4n) is 8.16. The predicted molar refractivity (Wildman–Crippen MR) is 195 cm³/mol. The monoisotopic (exact) mass is 686 g/mol. The Balaban J connectivity index is 1.17. The maximum Gasteiger partial charge on any atom is 0.338 e. The van der Waals surface area contributed by atoms with E-state index in [1.54, 1.807) is 48.5 Å². The number of hydrogen-bond donors (Lipinski definition) is 0.